The van der Waals surface area contributed by atoms with Crippen LogP contribution in [-0.4, -0.2) is 41.5 Å². The van der Waals surface area contributed by atoms with Gasteiger partial charge < -0.3 is 10.0 Å². The molecule has 0 unspecified atom stereocenters. The van der Waals surface area contributed by atoms with Crippen molar-refractivity contribution >= 4 is 11.8 Å². The van der Waals surface area contributed by atoms with E-state index in [1.165, 1.54) is 11.3 Å². The topological polar surface area (TPSA) is 23.5 Å². The number of rotatable bonds is 5. The first-order valence-corrected chi connectivity index (χ1v) is 7.93. The standard InChI is InChI=1S/C15H23NOS/c1-13-11-16(8-7-15(13)17)9-10-18-12-14-5-3-2-4-6-14/h2-6,13,15,17H,7-12H2,1H3/t13-,15+/m1/s1. The van der Waals surface area contributed by atoms with Gasteiger partial charge in [-0.2, -0.15) is 11.8 Å². The molecular formula is C15H23NOS. The molecule has 1 fully saturated rings. The number of aliphatic hydroxyl groups excluding tert-OH is 1. The van der Waals surface area contributed by atoms with E-state index in [9.17, 15) is 5.11 Å². The molecule has 1 heterocycles. The highest BCUT2D eigenvalue weighted by atomic mass is 32.2. The molecule has 1 aromatic carbocycles. The van der Waals surface area contributed by atoms with Crippen LogP contribution in [0.4, 0.5) is 0 Å². The van der Waals surface area contributed by atoms with E-state index < -0.39 is 0 Å². The Bertz CT molecular complexity index is 344. The van der Waals surface area contributed by atoms with Crippen LogP contribution in [0.3, 0.4) is 0 Å². The lowest BCUT2D eigenvalue weighted by Crippen LogP contribution is -2.42. The fourth-order valence-electron chi connectivity index (χ4n) is 2.38. The third-order valence-corrected chi connectivity index (χ3v) is 4.62. The van der Waals surface area contributed by atoms with Crippen LogP contribution >= 0.6 is 11.8 Å². The second-order valence-electron chi connectivity index (χ2n) is 5.17. The first kappa shape index (κ1) is 13.9. The first-order chi connectivity index (χ1) is 8.75. The van der Waals surface area contributed by atoms with E-state index in [1.807, 2.05) is 11.8 Å². The molecule has 1 aliphatic heterocycles. The van der Waals surface area contributed by atoms with E-state index in [-0.39, 0.29) is 6.10 Å². The summed E-state index contributed by atoms with van der Waals surface area (Å²) >= 11 is 2.00. The van der Waals surface area contributed by atoms with E-state index in [1.54, 1.807) is 0 Å². The molecule has 2 atom stereocenters. The predicted molar refractivity (Wildman–Crippen MR) is 78.8 cm³/mol. The van der Waals surface area contributed by atoms with Crippen molar-refractivity contribution in [1.82, 2.24) is 4.90 Å². The van der Waals surface area contributed by atoms with Crippen molar-refractivity contribution in [2.24, 2.45) is 5.92 Å². The highest BCUT2D eigenvalue weighted by molar-refractivity contribution is 7.98. The molecule has 0 bridgehead atoms. The normalized spacial score (nSPS) is 25.2. The van der Waals surface area contributed by atoms with Crippen molar-refractivity contribution in [3.8, 4) is 0 Å². The number of hydrogen-bond acceptors (Lipinski definition) is 3. The van der Waals surface area contributed by atoms with Crippen molar-refractivity contribution < 1.29 is 5.11 Å². The van der Waals surface area contributed by atoms with Crippen molar-refractivity contribution in [3.05, 3.63) is 35.9 Å². The zero-order valence-corrected chi connectivity index (χ0v) is 11.9. The van der Waals surface area contributed by atoms with E-state index in [0.29, 0.717) is 5.92 Å². The molecule has 0 aromatic heterocycles. The van der Waals surface area contributed by atoms with E-state index in [0.717, 1.165) is 31.8 Å². The first-order valence-electron chi connectivity index (χ1n) is 6.78. The van der Waals surface area contributed by atoms with Crippen LogP contribution in [-0.2, 0) is 5.75 Å². The molecule has 3 heteroatoms. The van der Waals surface area contributed by atoms with Crippen molar-refractivity contribution in [2.45, 2.75) is 25.2 Å². The highest BCUT2D eigenvalue weighted by Crippen LogP contribution is 2.18. The summed E-state index contributed by atoms with van der Waals surface area (Å²) in [4.78, 5) is 2.48. The monoisotopic (exact) mass is 265 g/mol. The minimum absolute atomic E-state index is 0.0850. The van der Waals surface area contributed by atoms with Crippen LogP contribution in [0.2, 0.25) is 0 Å². The maximum atomic E-state index is 9.68. The van der Waals surface area contributed by atoms with E-state index in [4.69, 9.17) is 0 Å². The molecule has 100 valence electrons. The number of thioether (sulfide) groups is 1. The minimum Gasteiger partial charge on any atom is -0.393 e. The van der Waals surface area contributed by atoms with Gasteiger partial charge in [-0.1, -0.05) is 37.3 Å². The van der Waals surface area contributed by atoms with Crippen LogP contribution in [0, 0.1) is 5.92 Å². The quantitative estimate of drug-likeness (QED) is 0.828. The fourth-order valence-corrected chi connectivity index (χ4v) is 3.34. The summed E-state index contributed by atoms with van der Waals surface area (Å²) in [6, 6.07) is 10.6. The molecule has 2 rings (SSSR count). The SMILES string of the molecule is C[C@@H]1CN(CCSCc2ccccc2)CC[C@@H]1O. The number of benzene rings is 1. The van der Waals surface area contributed by atoms with E-state index in [2.05, 4.69) is 42.2 Å². The lowest BCUT2D eigenvalue weighted by Gasteiger charge is -2.34. The van der Waals surface area contributed by atoms with Gasteiger partial charge in [-0.15, -0.1) is 0 Å². The van der Waals surface area contributed by atoms with Crippen LogP contribution in [0.25, 0.3) is 0 Å². The van der Waals surface area contributed by atoms with Crippen LogP contribution < -0.4 is 0 Å². The lowest BCUT2D eigenvalue weighted by molar-refractivity contribution is 0.0377. The summed E-state index contributed by atoms with van der Waals surface area (Å²) in [6.07, 6.45) is 0.850. The van der Waals surface area contributed by atoms with Gasteiger partial charge in [0, 0.05) is 31.1 Å². The van der Waals surface area contributed by atoms with Crippen molar-refractivity contribution in [1.29, 1.82) is 0 Å². The fraction of sp³-hybridized carbons (Fsp3) is 0.600. The zero-order chi connectivity index (χ0) is 12.8. The molecule has 0 saturated carbocycles. The van der Waals surface area contributed by atoms with Crippen molar-refractivity contribution in [3.63, 3.8) is 0 Å². The van der Waals surface area contributed by atoms with Gasteiger partial charge in [-0.05, 0) is 17.9 Å². The number of nitrogens with zero attached hydrogens (tertiary/aromatic N) is 1. The molecule has 1 aromatic rings. The Morgan fingerprint density at radius 1 is 1.33 bits per heavy atom. The largest absolute Gasteiger partial charge is 0.393 e. The molecule has 0 radical (unpaired) electrons. The number of aliphatic hydroxyl groups is 1. The Labute approximate surface area is 114 Å². The van der Waals surface area contributed by atoms with Gasteiger partial charge in [0.1, 0.15) is 0 Å². The Hall–Kier alpha value is -0.510. The van der Waals surface area contributed by atoms with Crippen molar-refractivity contribution in [2.75, 3.05) is 25.4 Å². The molecule has 18 heavy (non-hydrogen) atoms. The molecular weight excluding hydrogens is 242 g/mol. The highest BCUT2D eigenvalue weighted by Gasteiger charge is 2.23. The molecule has 1 saturated heterocycles. The molecule has 1 aliphatic rings. The predicted octanol–water partition coefficient (Wildman–Crippen LogP) is 2.62. The van der Waals surface area contributed by atoms with Gasteiger partial charge in [-0.25, -0.2) is 0 Å². The summed E-state index contributed by atoms with van der Waals surface area (Å²) in [5.74, 6) is 2.71. The smallest absolute Gasteiger partial charge is 0.0590 e. The Balaban J connectivity index is 1.61. The van der Waals surface area contributed by atoms with Gasteiger partial charge in [0.2, 0.25) is 0 Å². The maximum absolute atomic E-state index is 9.68. The average molecular weight is 265 g/mol. The Kier molecular flexibility index (Phi) is 5.54. The Morgan fingerprint density at radius 2 is 2.11 bits per heavy atom. The number of piperidine rings is 1. The number of hydrogen-bond donors (Lipinski definition) is 1. The summed E-state index contributed by atoms with van der Waals surface area (Å²) in [5.41, 5.74) is 1.41. The molecule has 2 nitrogen and oxygen atoms in total. The summed E-state index contributed by atoms with van der Waals surface area (Å²) in [5, 5.41) is 9.68. The molecule has 0 aliphatic carbocycles. The summed E-state index contributed by atoms with van der Waals surface area (Å²) in [7, 11) is 0. The second-order valence-corrected chi connectivity index (χ2v) is 6.28. The third-order valence-electron chi connectivity index (χ3n) is 3.61. The van der Waals surface area contributed by atoms with Crippen LogP contribution in [0.1, 0.15) is 18.9 Å². The van der Waals surface area contributed by atoms with Crippen LogP contribution in [0.5, 0.6) is 0 Å². The molecule has 1 N–H and O–H groups in total. The van der Waals surface area contributed by atoms with Crippen LogP contribution in [0.15, 0.2) is 30.3 Å². The summed E-state index contributed by atoms with van der Waals surface area (Å²) < 4.78 is 0. The second kappa shape index (κ2) is 7.17. The van der Waals surface area contributed by atoms with Gasteiger partial charge in [0.15, 0.2) is 0 Å². The maximum Gasteiger partial charge on any atom is 0.0590 e. The summed E-state index contributed by atoms with van der Waals surface area (Å²) in [6.45, 7) is 5.40. The lowest BCUT2D eigenvalue weighted by atomic mass is 9.97. The molecule has 0 spiro atoms. The van der Waals surface area contributed by atoms with E-state index >= 15 is 0 Å². The van der Waals surface area contributed by atoms with Gasteiger partial charge in [0.25, 0.3) is 0 Å². The third kappa shape index (κ3) is 4.30. The minimum atomic E-state index is -0.0850. The van der Waals surface area contributed by atoms with Gasteiger partial charge >= 0.3 is 0 Å². The molecule has 0 amide bonds. The van der Waals surface area contributed by atoms with Gasteiger partial charge in [-0.3, -0.25) is 0 Å². The zero-order valence-electron chi connectivity index (χ0n) is 11.1. The Morgan fingerprint density at radius 3 is 2.83 bits per heavy atom. The van der Waals surface area contributed by atoms with Gasteiger partial charge in [0.05, 0.1) is 6.10 Å². The number of likely N-dealkylation sites (tertiary alicyclic amines) is 1. The average Bonchev–Trinajstić information content (AvgIpc) is 2.40.